The van der Waals surface area contributed by atoms with E-state index in [0.717, 1.165) is 31.5 Å². The van der Waals surface area contributed by atoms with Gasteiger partial charge in [0.15, 0.2) is 11.5 Å². The number of carbonyl (C=O) groups is 2. The molecule has 1 saturated heterocycles. The molecule has 0 spiro atoms. The summed E-state index contributed by atoms with van der Waals surface area (Å²) in [6.07, 6.45) is 3.71. The molecule has 2 aliphatic heterocycles. The van der Waals surface area contributed by atoms with E-state index >= 15 is 0 Å². The van der Waals surface area contributed by atoms with E-state index < -0.39 is 23.5 Å². The number of benzene rings is 1. The highest BCUT2D eigenvalue weighted by atomic mass is 16.5. The zero-order valence-electron chi connectivity index (χ0n) is 16.3. The molecule has 0 bridgehead atoms. The lowest BCUT2D eigenvalue weighted by molar-refractivity contribution is -0.129. The number of ether oxygens (including phenoxy) is 1. The Morgan fingerprint density at radius 2 is 1.90 bits per heavy atom. The number of Topliss-reactive ketones (excluding diaryl/α,β-unsaturated/α-hetero) is 1. The van der Waals surface area contributed by atoms with E-state index in [9.17, 15) is 14.7 Å². The molecule has 1 fully saturated rings. The van der Waals surface area contributed by atoms with Crippen LogP contribution >= 0.6 is 0 Å². The molecule has 1 amide bonds. The van der Waals surface area contributed by atoms with Gasteiger partial charge in [0.1, 0.15) is 5.75 Å². The molecule has 1 aromatic carbocycles. The van der Waals surface area contributed by atoms with Crippen LogP contribution in [0.25, 0.3) is 0 Å². The van der Waals surface area contributed by atoms with Crippen LogP contribution in [0.5, 0.6) is 5.75 Å². The van der Waals surface area contributed by atoms with Gasteiger partial charge in [-0.15, -0.1) is 0 Å². The normalized spacial score (nSPS) is 20.0. The monoisotopic (exact) mass is 396 g/mol. The smallest absolute Gasteiger partial charge is 0.290 e. The second kappa shape index (κ2) is 8.13. The van der Waals surface area contributed by atoms with Crippen LogP contribution in [0, 0.1) is 0 Å². The fourth-order valence-electron chi connectivity index (χ4n) is 4.04. The first-order chi connectivity index (χ1) is 14.1. The van der Waals surface area contributed by atoms with Crippen molar-refractivity contribution in [2.24, 2.45) is 0 Å². The fraction of sp³-hybridized carbons (Fsp3) is 0.364. The molecule has 7 nitrogen and oxygen atoms in total. The number of carbonyl (C=O) groups excluding carboxylic acids is 2. The number of amides is 1. The van der Waals surface area contributed by atoms with Crippen LogP contribution in [-0.4, -0.2) is 59.9 Å². The van der Waals surface area contributed by atoms with Crippen molar-refractivity contribution in [1.82, 2.24) is 9.80 Å². The molecule has 0 radical (unpaired) electrons. The summed E-state index contributed by atoms with van der Waals surface area (Å²) in [5, 5.41) is 10.6. The fourth-order valence-corrected chi connectivity index (χ4v) is 4.04. The highest BCUT2D eigenvalue weighted by Crippen LogP contribution is 2.39. The van der Waals surface area contributed by atoms with E-state index in [-0.39, 0.29) is 11.3 Å². The molecule has 1 aromatic heterocycles. The highest BCUT2D eigenvalue weighted by molar-refractivity contribution is 6.15. The number of rotatable bonds is 7. The summed E-state index contributed by atoms with van der Waals surface area (Å²) in [6.45, 7) is 3.14. The van der Waals surface area contributed by atoms with Gasteiger partial charge in [0.05, 0.1) is 25.0 Å². The van der Waals surface area contributed by atoms with Crippen LogP contribution in [0.3, 0.4) is 0 Å². The first-order valence-electron chi connectivity index (χ1n) is 9.78. The lowest BCUT2D eigenvalue weighted by atomic mass is 9.95. The molecule has 4 rings (SSSR count). The Morgan fingerprint density at radius 3 is 2.52 bits per heavy atom. The summed E-state index contributed by atoms with van der Waals surface area (Å²) in [5.41, 5.74) is 0.788. The third kappa shape index (κ3) is 3.65. The first kappa shape index (κ1) is 19.3. The maximum atomic E-state index is 13.1. The Kier molecular flexibility index (Phi) is 5.40. The van der Waals surface area contributed by atoms with E-state index in [2.05, 4.69) is 4.90 Å². The molecule has 3 heterocycles. The van der Waals surface area contributed by atoms with Gasteiger partial charge in [-0.3, -0.25) is 9.59 Å². The van der Waals surface area contributed by atoms with Gasteiger partial charge in [0.25, 0.3) is 5.91 Å². The van der Waals surface area contributed by atoms with Crippen LogP contribution in [0.15, 0.2) is 58.4 Å². The first-order valence-corrected chi connectivity index (χ1v) is 9.78. The van der Waals surface area contributed by atoms with Crippen molar-refractivity contribution in [3.63, 3.8) is 0 Å². The SMILES string of the molecule is COc1ccc(C2C(C(=O)c3ccco3)=C(O)C(=O)N2CCN2CCCC2)cc1. The maximum absolute atomic E-state index is 13.1. The number of aliphatic hydroxyl groups is 1. The molecule has 7 heteroatoms. The van der Waals surface area contributed by atoms with E-state index in [1.807, 2.05) is 12.1 Å². The summed E-state index contributed by atoms with van der Waals surface area (Å²) in [4.78, 5) is 29.8. The molecule has 152 valence electrons. The number of nitrogens with zero attached hydrogens (tertiary/aromatic N) is 2. The summed E-state index contributed by atoms with van der Waals surface area (Å²) in [5.74, 6) is -0.744. The molecule has 2 aromatic rings. The molecule has 0 aliphatic carbocycles. The summed E-state index contributed by atoms with van der Waals surface area (Å²) in [6, 6.07) is 9.65. The average Bonchev–Trinajstić information content (AvgIpc) is 3.49. The largest absolute Gasteiger partial charge is 0.503 e. The highest BCUT2D eigenvalue weighted by Gasteiger charge is 2.44. The molecule has 0 saturated carbocycles. The van der Waals surface area contributed by atoms with Gasteiger partial charge >= 0.3 is 0 Å². The van der Waals surface area contributed by atoms with Gasteiger partial charge in [0, 0.05) is 13.1 Å². The maximum Gasteiger partial charge on any atom is 0.290 e. The van der Waals surface area contributed by atoms with Crippen molar-refractivity contribution in [2.45, 2.75) is 18.9 Å². The van der Waals surface area contributed by atoms with E-state index in [1.54, 1.807) is 30.2 Å². The molecule has 1 unspecified atom stereocenters. The topological polar surface area (TPSA) is 83.2 Å². The number of likely N-dealkylation sites (tertiary alicyclic amines) is 1. The summed E-state index contributed by atoms with van der Waals surface area (Å²) >= 11 is 0. The van der Waals surface area contributed by atoms with Crippen molar-refractivity contribution in [3.05, 3.63) is 65.3 Å². The average molecular weight is 396 g/mol. The minimum atomic E-state index is -0.673. The molecule has 29 heavy (non-hydrogen) atoms. The van der Waals surface area contributed by atoms with Crippen molar-refractivity contribution in [1.29, 1.82) is 0 Å². The second-order valence-electron chi connectivity index (χ2n) is 7.29. The van der Waals surface area contributed by atoms with Crippen molar-refractivity contribution in [2.75, 3.05) is 33.3 Å². The number of ketones is 1. The van der Waals surface area contributed by atoms with Gasteiger partial charge < -0.3 is 24.1 Å². The lowest BCUT2D eigenvalue weighted by Crippen LogP contribution is -2.37. The van der Waals surface area contributed by atoms with Crippen LogP contribution < -0.4 is 4.74 Å². The molecule has 2 aliphatic rings. The Labute approximate surface area is 169 Å². The van der Waals surface area contributed by atoms with Crippen molar-refractivity contribution in [3.8, 4) is 5.75 Å². The van der Waals surface area contributed by atoms with Gasteiger partial charge in [-0.05, 0) is 55.8 Å². The predicted molar refractivity (Wildman–Crippen MR) is 106 cm³/mol. The number of hydrogen-bond donors (Lipinski definition) is 1. The standard InChI is InChI=1S/C22H24N2O5/c1-28-16-8-6-15(7-9-16)19-18(20(25)17-5-4-14-29-17)21(26)22(27)24(19)13-12-23-10-2-3-11-23/h4-9,14,19,26H,2-3,10-13H2,1H3. The molecular weight excluding hydrogens is 372 g/mol. The second-order valence-corrected chi connectivity index (χ2v) is 7.29. The van der Waals surface area contributed by atoms with Crippen LogP contribution in [0.4, 0.5) is 0 Å². The van der Waals surface area contributed by atoms with Crippen LogP contribution in [0.1, 0.15) is 35.0 Å². The molecule has 1 N–H and O–H groups in total. The van der Waals surface area contributed by atoms with Gasteiger partial charge in [-0.25, -0.2) is 0 Å². The Bertz CT molecular complexity index is 911. The number of furan rings is 1. The molecular formula is C22H24N2O5. The van der Waals surface area contributed by atoms with Crippen LogP contribution in [-0.2, 0) is 4.79 Å². The van der Waals surface area contributed by atoms with Gasteiger partial charge in [-0.1, -0.05) is 12.1 Å². The number of methoxy groups -OCH3 is 1. The van der Waals surface area contributed by atoms with E-state index in [1.165, 1.54) is 12.3 Å². The lowest BCUT2D eigenvalue weighted by Gasteiger charge is -2.28. The number of aliphatic hydroxyl groups excluding tert-OH is 1. The zero-order valence-corrected chi connectivity index (χ0v) is 16.3. The quantitative estimate of drug-likeness (QED) is 0.725. The summed E-state index contributed by atoms with van der Waals surface area (Å²) < 4.78 is 10.5. The Morgan fingerprint density at radius 1 is 1.17 bits per heavy atom. The third-order valence-electron chi connectivity index (χ3n) is 5.58. The van der Waals surface area contributed by atoms with Gasteiger partial charge in [-0.2, -0.15) is 0 Å². The summed E-state index contributed by atoms with van der Waals surface area (Å²) in [7, 11) is 1.58. The van der Waals surface area contributed by atoms with Crippen molar-refractivity contribution < 1.29 is 23.8 Å². The Hall–Kier alpha value is -3.06. The zero-order chi connectivity index (χ0) is 20.4. The van der Waals surface area contributed by atoms with Crippen molar-refractivity contribution >= 4 is 11.7 Å². The molecule has 1 atom stereocenters. The minimum absolute atomic E-state index is 0.0524. The van der Waals surface area contributed by atoms with E-state index in [0.29, 0.717) is 18.8 Å². The third-order valence-corrected chi connectivity index (χ3v) is 5.58. The minimum Gasteiger partial charge on any atom is -0.503 e. The predicted octanol–water partition coefficient (Wildman–Crippen LogP) is 2.96. The van der Waals surface area contributed by atoms with Gasteiger partial charge in [0.2, 0.25) is 5.78 Å². The van der Waals surface area contributed by atoms with E-state index in [4.69, 9.17) is 9.15 Å². The number of hydrogen-bond acceptors (Lipinski definition) is 6. The van der Waals surface area contributed by atoms with Crippen LogP contribution in [0.2, 0.25) is 0 Å². The Balaban J connectivity index is 1.68.